The van der Waals surface area contributed by atoms with Crippen molar-refractivity contribution in [3.8, 4) is 5.75 Å². The molecular formula is C14H22ClNO2. The van der Waals surface area contributed by atoms with Gasteiger partial charge >= 0.3 is 0 Å². The third kappa shape index (κ3) is 5.25. The van der Waals surface area contributed by atoms with Gasteiger partial charge in [-0.2, -0.15) is 0 Å². The molecule has 0 aliphatic heterocycles. The van der Waals surface area contributed by atoms with Crippen LogP contribution < -0.4 is 4.74 Å². The van der Waals surface area contributed by atoms with Crippen LogP contribution in [0.1, 0.15) is 12.5 Å². The number of halogens is 1. The van der Waals surface area contributed by atoms with Crippen molar-refractivity contribution in [3.05, 3.63) is 29.8 Å². The van der Waals surface area contributed by atoms with Crippen LogP contribution in [0, 0.1) is 0 Å². The number of rotatable bonds is 9. The van der Waals surface area contributed by atoms with Crippen LogP contribution in [0.15, 0.2) is 24.3 Å². The molecular weight excluding hydrogens is 250 g/mol. The number of hydrogen-bond donors (Lipinski definition) is 0. The lowest BCUT2D eigenvalue weighted by Gasteiger charge is -2.21. The fraction of sp³-hybridized carbons (Fsp3) is 0.571. The second-order valence-electron chi connectivity index (χ2n) is 3.98. The van der Waals surface area contributed by atoms with Gasteiger partial charge in [0.15, 0.2) is 0 Å². The number of alkyl halides is 1. The summed E-state index contributed by atoms with van der Waals surface area (Å²) in [4.78, 5) is 2.33. The monoisotopic (exact) mass is 271 g/mol. The van der Waals surface area contributed by atoms with E-state index in [1.807, 2.05) is 18.2 Å². The number of benzene rings is 1. The van der Waals surface area contributed by atoms with Crippen molar-refractivity contribution in [2.24, 2.45) is 0 Å². The molecule has 0 fully saturated rings. The molecule has 0 radical (unpaired) electrons. The van der Waals surface area contributed by atoms with Gasteiger partial charge in [-0.15, -0.1) is 11.6 Å². The Morgan fingerprint density at radius 3 is 2.67 bits per heavy atom. The maximum Gasteiger partial charge on any atom is 0.123 e. The molecule has 1 aromatic rings. The smallest absolute Gasteiger partial charge is 0.123 e. The van der Waals surface area contributed by atoms with Crippen LogP contribution in [0.2, 0.25) is 0 Å². The molecule has 0 N–H and O–H groups in total. The first kappa shape index (κ1) is 15.3. The SMILES string of the molecule is CCN(CCOCCCl)Cc1ccccc1OC. The Hall–Kier alpha value is -0.770. The minimum absolute atomic E-state index is 0.554. The highest BCUT2D eigenvalue weighted by atomic mass is 35.5. The summed E-state index contributed by atoms with van der Waals surface area (Å²) in [7, 11) is 1.71. The normalized spacial score (nSPS) is 10.9. The first-order valence-electron chi connectivity index (χ1n) is 6.29. The fourth-order valence-electron chi connectivity index (χ4n) is 1.77. The molecule has 0 spiro atoms. The van der Waals surface area contributed by atoms with Gasteiger partial charge in [0.1, 0.15) is 5.75 Å². The van der Waals surface area contributed by atoms with Crippen LogP contribution >= 0.6 is 11.6 Å². The van der Waals surface area contributed by atoms with Gasteiger partial charge in [-0.1, -0.05) is 25.1 Å². The Morgan fingerprint density at radius 2 is 2.00 bits per heavy atom. The molecule has 0 heterocycles. The van der Waals surface area contributed by atoms with Crippen molar-refractivity contribution in [1.29, 1.82) is 0 Å². The van der Waals surface area contributed by atoms with Crippen molar-refractivity contribution in [2.45, 2.75) is 13.5 Å². The van der Waals surface area contributed by atoms with Crippen molar-refractivity contribution in [1.82, 2.24) is 4.90 Å². The third-order valence-electron chi connectivity index (χ3n) is 2.81. The van der Waals surface area contributed by atoms with E-state index in [1.165, 1.54) is 5.56 Å². The molecule has 4 heteroatoms. The predicted molar refractivity (Wildman–Crippen MR) is 75.5 cm³/mol. The lowest BCUT2D eigenvalue weighted by molar-refractivity contribution is 0.114. The molecule has 1 rings (SSSR count). The van der Waals surface area contributed by atoms with Crippen LogP contribution in [0.4, 0.5) is 0 Å². The molecule has 0 saturated carbocycles. The number of nitrogens with zero attached hydrogens (tertiary/aromatic N) is 1. The molecule has 1 aromatic carbocycles. The van der Waals surface area contributed by atoms with E-state index < -0.39 is 0 Å². The lowest BCUT2D eigenvalue weighted by Crippen LogP contribution is -2.27. The van der Waals surface area contributed by atoms with E-state index in [4.69, 9.17) is 21.1 Å². The highest BCUT2D eigenvalue weighted by molar-refractivity contribution is 6.17. The molecule has 102 valence electrons. The Morgan fingerprint density at radius 1 is 1.22 bits per heavy atom. The number of ether oxygens (including phenoxy) is 2. The third-order valence-corrected chi connectivity index (χ3v) is 2.96. The van der Waals surface area contributed by atoms with Gasteiger partial charge in [0.2, 0.25) is 0 Å². The Balaban J connectivity index is 2.46. The summed E-state index contributed by atoms with van der Waals surface area (Å²) in [6.45, 7) is 6.26. The van der Waals surface area contributed by atoms with E-state index in [-0.39, 0.29) is 0 Å². The quantitative estimate of drug-likeness (QED) is 0.509. The van der Waals surface area contributed by atoms with E-state index in [2.05, 4.69) is 17.9 Å². The van der Waals surface area contributed by atoms with E-state index >= 15 is 0 Å². The van der Waals surface area contributed by atoms with Crippen LogP contribution in [-0.4, -0.2) is 44.2 Å². The number of hydrogen-bond acceptors (Lipinski definition) is 3. The first-order chi connectivity index (χ1) is 8.81. The molecule has 0 aliphatic rings. The maximum absolute atomic E-state index is 5.56. The number of para-hydroxylation sites is 1. The summed E-state index contributed by atoms with van der Waals surface area (Å²) < 4.78 is 10.8. The Bertz CT molecular complexity index is 333. The molecule has 0 bridgehead atoms. The largest absolute Gasteiger partial charge is 0.496 e. The summed E-state index contributed by atoms with van der Waals surface area (Å²) in [5.74, 6) is 1.50. The minimum Gasteiger partial charge on any atom is -0.496 e. The Labute approximate surface area is 115 Å². The highest BCUT2D eigenvalue weighted by Gasteiger charge is 2.07. The molecule has 0 aliphatic carbocycles. The summed E-state index contributed by atoms with van der Waals surface area (Å²) in [5, 5.41) is 0. The molecule has 0 unspecified atom stereocenters. The van der Waals surface area contributed by atoms with E-state index in [1.54, 1.807) is 7.11 Å². The second-order valence-corrected chi connectivity index (χ2v) is 4.36. The van der Waals surface area contributed by atoms with E-state index in [0.29, 0.717) is 12.5 Å². The van der Waals surface area contributed by atoms with Crippen molar-refractivity contribution in [3.63, 3.8) is 0 Å². The topological polar surface area (TPSA) is 21.7 Å². The van der Waals surface area contributed by atoms with Gasteiger partial charge in [-0.3, -0.25) is 4.90 Å². The zero-order valence-electron chi connectivity index (χ0n) is 11.2. The summed E-state index contributed by atoms with van der Waals surface area (Å²) in [6.07, 6.45) is 0. The second kappa shape index (κ2) is 9.20. The van der Waals surface area contributed by atoms with Crippen LogP contribution in [0.5, 0.6) is 5.75 Å². The average Bonchev–Trinajstić information content (AvgIpc) is 2.42. The molecule has 0 amide bonds. The fourth-order valence-corrected chi connectivity index (χ4v) is 1.88. The van der Waals surface area contributed by atoms with Crippen LogP contribution in [-0.2, 0) is 11.3 Å². The van der Waals surface area contributed by atoms with E-state index in [0.717, 1.165) is 32.0 Å². The van der Waals surface area contributed by atoms with Crippen molar-refractivity contribution in [2.75, 3.05) is 39.3 Å². The van der Waals surface area contributed by atoms with Crippen molar-refractivity contribution >= 4 is 11.6 Å². The summed E-state index contributed by atoms with van der Waals surface area (Å²) >= 11 is 5.56. The summed E-state index contributed by atoms with van der Waals surface area (Å²) in [6, 6.07) is 8.12. The zero-order valence-corrected chi connectivity index (χ0v) is 11.9. The standard InChI is InChI=1S/C14H22ClNO2/c1-3-16(9-11-18-10-8-15)12-13-6-4-5-7-14(13)17-2/h4-7H,3,8-12H2,1-2H3. The molecule has 0 atom stereocenters. The molecule has 18 heavy (non-hydrogen) atoms. The number of methoxy groups -OCH3 is 1. The maximum atomic E-state index is 5.56. The Kier molecular flexibility index (Phi) is 7.81. The van der Waals surface area contributed by atoms with Crippen LogP contribution in [0.25, 0.3) is 0 Å². The predicted octanol–water partition coefficient (Wildman–Crippen LogP) is 2.77. The van der Waals surface area contributed by atoms with Gasteiger partial charge in [0.25, 0.3) is 0 Å². The van der Waals surface area contributed by atoms with E-state index in [9.17, 15) is 0 Å². The van der Waals surface area contributed by atoms with Gasteiger partial charge < -0.3 is 9.47 Å². The molecule has 3 nitrogen and oxygen atoms in total. The zero-order chi connectivity index (χ0) is 13.2. The molecule has 0 saturated heterocycles. The average molecular weight is 272 g/mol. The van der Waals surface area contributed by atoms with Gasteiger partial charge in [-0.25, -0.2) is 0 Å². The van der Waals surface area contributed by atoms with Crippen LogP contribution in [0.3, 0.4) is 0 Å². The highest BCUT2D eigenvalue weighted by Crippen LogP contribution is 2.18. The number of likely N-dealkylation sites (N-methyl/N-ethyl adjacent to an activating group) is 1. The summed E-state index contributed by atoms with van der Waals surface area (Å²) in [5.41, 5.74) is 1.21. The lowest BCUT2D eigenvalue weighted by atomic mass is 10.2. The van der Waals surface area contributed by atoms with Gasteiger partial charge in [0, 0.05) is 24.5 Å². The first-order valence-corrected chi connectivity index (χ1v) is 6.83. The minimum atomic E-state index is 0.554. The van der Waals surface area contributed by atoms with Gasteiger partial charge in [0.05, 0.1) is 20.3 Å². The molecule has 0 aromatic heterocycles. The van der Waals surface area contributed by atoms with Crippen molar-refractivity contribution < 1.29 is 9.47 Å². The van der Waals surface area contributed by atoms with Gasteiger partial charge in [-0.05, 0) is 12.6 Å².